The average Bonchev–Trinajstić information content (AvgIpc) is 2.68. The lowest BCUT2D eigenvalue weighted by molar-refractivity contribution is -0.127. The van der Waals surface area contributed by atoms with Crippen molar-refractivity contribution >= 4 is 41.2 Å². The minimum atomic E-state index is -0.534. The van der Waals surface area contributed by atoms with Crippen LogP contribution in [-0.2, 0) is 9.59 Å². The Balaban J connectivity index is 1.74. The van der Waals surface area contributed by atoms with Gasteiger partial charge in [0.2, 0.25) is 0 Å². The second-order valence-electron chi connectivity index (χ2n) is 5.37. The molecule has 0 aromatic heterocycles. The van der Waals surface area contributed by atoms with Crippen LogP contribution < -0.4 is 20.2 Å². The first-order valence-corrected chi connectivity index (χ1v) is 8.68. The van der Waals surface area contributed by atoms with Crippen molar-refractivity contribution in [3.8, 4) is 17.2 Å². The Labute approximate surface area is 171 Å². The highest BCUT2D eigenvalue weighted by Crippen LogP contribution is 2.34. The van der Waals surface area contributed by atoms with Gasteiger partial charge < -0.3 is 19.9 Å². The summed E-state index contributed by atoms with van der Waals surface area (Å²) in [7, 11) is 1.38. The number of phenolic OH excluding ortho intramolecular Hbond substituents is 1. The summed E-state index contributed by atoms with van der Waals surface area (Å²) in [4.78, 5) is 23.4. The molecule has 0 spiro atoms. The van der Waals surface area contributed by atoms with Gasteiger partial charge in [-0.05, 0) is 42.0 Å². The molecule has 10 heteroatoms. The second-order valence-corrected chi connectivity index (χ2v) is 6.21. The normalized spacial score (nSPS) is 10.5. The van der Waals surface area contributed by atoms with Crippen LogP contribution in [0.25, 0.3) is 0 Å². The number of nitrogens with zero attached hydrogens (tertiary/aromatic N) is 1. The number of phenols is 1. The molecule has 0 fully saturated rings. The Kier molecular flexibility index (Phi) is 7.91. The van der Waals surface area contributed by atoms with Crippen molar-refractivity contribution in [3.05, 3.63) is 52.0 Å². The Hall–Kier alpha value is -2.97. The first-order valence-electron chi connectivity index (χ1n) is 7.92. The van der Waals surface area contributed by atoms with Gasteiger partial charge in [-0.15, -0.1) is 0 Å². The van der Waals surface area contributed by atoms with Gasteiger partial charge in [-0.1, -0.05) is 23.2 Å². The molecule has 0 saturated carbocycles. The molecule has 0 aliphatic rings. The van der Waals surface area contributed by atoms with Crippen LogP contribution in [0.2, 0.25) is 10.0 Å². The number of aromatic hydroxyl groups is 1. The third-order valence-corrected chi connectivity index (χ3v) is 3.84. The number of carbonyl (C=O) groups excluding carboxylic acids is 2. The Morgan fingerprint density at radius 1 is 1.18 bits per heavy atom. The van der Waals surface area contributed by atoms with Crippen molar-refractivity contribution in [3.63, 3.8) is 0 Å². The molecule has 0 atom stereocenters. The number of hydrogen-bond acceptors (Lipinski definition) is 6. The number of amides is 2. The molecule has 0 unspecified atom stereocenters. The highest BCUT2D eigenvalue weighted by atomic mass is 35.5. The van der Waals surface area contributed by atoms with Gasteiger partial charge in [-0.2, -0.15) is 5.10 Å². The summed E-state index contributed by atoms with van der Waals surface area (Å²) in [6.07, 6.45) is 1.32. The lowest BCUT2D eigenvalue weighted by Crippen LogP contribution is -2.37. The van der Waals surface area contributed by atoms with Crippen LogP contribution in [0.5, 0.6) is 17.2 Å². The van der Waals surface area contributed by atoms with Crippen LogP contribution in [0, 0.1) is 0 Å². The lowest BCUT2D eigenvalue weighted by atomic mass is 10.2. The fraction of sp³-hybridized carbons (Fsp3) is 0.167. The number of benzene rings is 2. The van der Waals surface area contributed by atoms with Crippen molar-refractivity contribution in [2.45, 2.75) is 0 Å². The highest BCUT2D eigenvalue weighted by molar-refractivity contribution is 6.32. The predicted octanol–water partition coefficient (Wildman–Crippen LogP) is 2.35. The molecule has 0 radical (unpaired) electrons. The minimum Gasteiger partial charge on any atom is -0.503 e. The van der Waals surface area contributed by atoms with E-state index in [-0.39, 0.29) is 29.7 Å². The van der Waals surface area contributed by atoms with Crippen molar-refractivity contribution < 1.29 is 24.2 Å². The fourth-order valence-electron chi connectivity index (χ4n) is 1.95. The van der Waals surface area contributed by atoms with Crippen LogP contribution in [0.3, 0.4) is 0 Å². The molecular weight excluding hydrogens is 409 g/mol. The molecule has 2 aromatic rings. The minimum absolute atomic E-state index is 0.0834. The molecule has 0 heterocycles. The van der Waals surface area contributed by atoms with Gasteiger partial charge in [-0.25, -0.2) is 5.43 Å². The van der Waals surface area contributed by atoms with Crippen LogP contribution >= 0.6 is 23.2 Å². The number of ether oxygens (including phenoxy) is 2. The third kappa shape index (κ3) is 6.64. The summed E-state index contributed by atoms with van der Waals surface area (Å²) in [5, 5.41) is 16.4. The van der Waals surface area contributed by atoms with Gasteiger partial charge in [0.1, 0.15) is 5.75 Å². The van der Waals surface area contributed by atoms with E-state index in [1.807, 2.05) is 0 Å². The maximum absolute atomic E-state index is 11.7. The molecule has 28 heavy (non-hydrogen) atoms. The van der Waals surface area contributed by atoms with E-state index in [0.29, 0.717) is 16.3 Å². The molecule has 2 amide bonds. The number of nitrogens with one attached hydrogen (secondary N) is 2. The van der Waals surface area contributed by atoms with Crippen LogP contribution in [-0.4, -0.2) is 43.4 Å². The fourth-order valence-corrected chi connectivity index (χ4v) is 2.30. The summed E-state index contributed by atoms with van der Waals surface area (Å²) < 4.78 is 10.2. The number of hydrazone groups is 1. The number of rotatable bonds is 8. The third-order valence-electron chi connectivity index (χ3n) is 3.30. The zero-order chi connectivity index (χ0) is 20.5. The first-order chi connectivity index (χ1) is 13.4. The number of hydrogen-bond donors (Lipinski definition) is 3. The van der Waals surface area contributed by atoms with E-state index < -0.39 is 11.8 Å². The van der Waals surface area contributed by atoms with E-state index in [4.69, 9.17) is 32.7 Å². The first kappa shape index (κ1) is 21.3. The van der Waals surface area contributed by atoms with E-state index >= 15 is 0 Å². The summed E-state index contributed by atoms with van der Waals surface area (Å²) in [6, 6.07) is 9.47. The Morgan fingerprint density at radius 2 is 1.89 bits per heavy atom. The van der Waals surface area contributed by atoms with E-state index in [1.165, 1.54) is 25.5 Å². The summed E-state index contributed by atoms with van der Waals surface area (Å²) in [5.41, 5.74) is 2.75. The molecule has 0 aliphatic heterocycles. The van der Waals surface area contributed by atoms with E-state index in [9.17, 15) is 14.7 Å². The summed E-state index contributed by atoms with van der Waals surface area (Å²) in [6.45, 7) is -0.524. The summed E-state index contributed by atoms with van der Waals surface area (Å²) in [5.74, 6) is -0.532. The highest BCUT2D eigenvalue weighted by Gasteiger charge is 2.08. The van der Waals surface area contributed by atoms with Gasteiger partial charge in [0.05, 0.1) is 24.9 Å². The molecule has 0 bridgehead atoms. The smallest absolute Gasteiger partial charge is 0.259 e. The number of carbonyl (C=O) groups is 2. The van der Waals surface area contributed by atoms with E-state index in [2.05, 4.69) is 15.8 Å². The zero-order valence-electron chi connectivity index (χ0n) is 14.7. The largest absolute Gasteiger partial charge is 0.503 e. The average molecular weight is 426 g/mol. The number of methoxy groups -OCH3 is 1. The van der Waals surface area contributed by atoms with E-state index in [1.54, 1.807) is 24.3 Å². The maximum atomic E-state index is 11.7. The van der Waals surface area contributed by atoms with Crippen molar-refractivity contribution in [2.24, 2.45) is 5.10 Å². The zero-order valence-corrected chi connectivity index (χ0v) is 16.3. The quantitative estimate of drug-likeness (QED) is 0.444. The SMILES string of the molecule is COc1cc(C=NNC(=O)CNC(=O)COc2ccc(Cl)cc2)cc(Cl)c1O. The molecule has 3 N–H and O–H groups in total. The Morgan fingerprint density at radius 3 is 2.57 bits per heavy atom. The van der Waals surface area contributed by atoms with Crippen LogP contribution in [0.15, 0.2) is 41.5 Å². The molecule has 2 rings (SSSR count). The molecule has 2 aromatic carbocycles. The van der Waals surface area contributed by atoms with Crippen LogP contribution in [0.1, 0.15) is 5.56 Å². The second kappa shape index (κ2) is 10.4. The topological polar surface area (TPSA) is 109 Å². The van der Waals surface area contributed by atoms with Gasteiger partial charge >= 0.3 is 0 Å². The van der Waals surface area contributed by atoms with Crippen molar-refractivity contribution in [1.29, 1.82) is 0 Å². The van der Waals surface area contributed by atoms with Gasteiger partial charge in [0, 0.05) is 5.02 Å². The lowest BCUT2D eigenvalue weighted by Gasteiger charge is -2.07. The summed E-state index contributed by atoms with van der Waals surface area (Å²) >= 11 is 11.6. The van der Waals surface area contributed by atoms with Crippen molar-refractivity contribution in [1.82, 2.24) is 10.7 Å². The monoisotopic (exact) mass is 425 g/mol. The maximum Gasteiger partial charge on any atom is 0.259 e. The standard InChI is InChI=1S/C18H17Cl2N3O5/c1-27-15-7-11(6-14(20)18(15)26)8-22-23-16(24)9-21-17(25)10-28-13-4-2-12(19)3-5-13/h2-8,26H,9-10H2,1H3,(H,21,25)(H,23,24). The van der Waals surface area contributed by atoms with Crippen molar-refractivity contribution in [2.75, 3.05) is 20.3 Å². The molecule has 148 valence electrons. The van der Waals surface area contributed by atoms with E-state index in [0.717, 1.165) is 0 Å². The predicted molar refractivity (Wildman–Crippen MR) is 105 cm³/mol. The molecule has 0 aliphatic carbocycles. The van der Waals surface area contributed by atoms with Gasteiger partial charge in [0.15, 0.2) is 18.1 Å². The van der Waals surface area contributed by atoms with Gasteiger partial charge in [0.25, 0.3) is 11.8 Å². The number of halogens is 2. The Bertz CT molecular complexity index is 872. The molecule has 0 saturated heterocycles. The van der Waals surface area contributed by atoms with Gasteiger partial charge in [-0.3, -0.25) is 9.59 Å². The molecule has 8 nitrogen and oxygen atoms in total. The molecular formula is C18H17Cl2N3O5. The van der Waals surface area contributed by atoms with Crippen LogP contribution in [0.4, 0.5) is 0 Å².